The standard InChI is InChI=1S/C16H10N2O5/c1-9(19)12-8-10(18(22)23)6-7-14(12)17-13-5-3-2-4-11(13)15(20)16(17)21/h2-8H,1H3. The van der Waals surface area contributed by atoms with E-state index in [2.05, 4.69) is 0 Å². The molecule has 7 nitrogen and oxygen atoms in total. The number of hydrogen-bond acceptors (Lipinski definition) is 5. The number of Topliss-reactive ketones (excluding diaryl/α,β-unsaturated/α-hetero) is 2. The third kappa shape index (κ3) is 2.18. The van der Waals surface area contributed by atoms with Crippen molar-refractivity contribution in [2.75, 3.05) is 4.90 Å². The van der Waals surface area contributed by atoms with Crippen LogP contribution < -0.4 is 4.90 Å². The van der Waals surface area contributed by atoms with Crippen LogP contribution in [0, 0.1) is 10.1 Å². The molecule has 1 aliphatic heterocycles. The Hall–Kier alpha value is -3.35. The number of ketones is 2. The van der Waals surface area contributed by atoms with Gasteiger partial charge in [0.2, 0.25) is 0 Å². The number of carbonyl (C=O) groups excluding carboxylic acids is 3. The molecule has 0 unspecified atom stereocenters. The number of nitrogens with zero attached hydrogens (tertiary/aromatic N) is 2. The fourth-order valence-electron chi connectivity index (χ4n) is 2.54. The molecule has 0 N–H and O–H groups in total. The second-order valence-corrected chi connectivity index (χ2v) is 5.00. The van der Waals surface area contributed by atoms with Gasteiger partial charge in [0, 0.05) is 17.7 Å². The number of benzene rings is 2. The van der Waals surface area contributed by atoms with Crippen molar-refractivity contribution >= 4 is 34.5 Å². The van der Waals surface area contributed by atoms with Gasteiger partial charge < -0.3 is 0 Å². The average Bonchev–Trinajstić information content (AvgIpc) is 2.78. The zero-order chi connectivity index (χ0) is 16.7. The van der Waals surface area contributed by atoms with Crippen LogP contribution in [0.3, 0.4) is 0 Å². The van der Waals surface area contributed by atoms with Gasteiger partial charge in [-0.2, -0.15) is 0 Å². The van der Waals surface area contributed by atoms with Crippen molar-refractivity contribution in [2.45, 2.75) is 6.92 Å². The van der Waals surface area contributed by atoms with E-state index in [4.69, 9.17) is 0 Å². The molecular formula is C16H10N2O5. The molecule has 0 bridgehead atoms. The van der Waals surface area contributed by atoms with Crippen LogP contribution in [0.2, 0.25) is 0 Å². The molecule has 1 aliphatic rings. The first-order valence-corrected chi connectivity index (χ1v) is 6.69. The molecule has 0 aliphatic carbocycles. The van der Waals surface area contributed by atoms with Crippen molar-refractivity contribution in [3.63, 3.8) is 0 Å². The van der Waals surface area contributed by atoms with Gasteiger partial charge in [-0.25, -0.2) is 0 Å². The SMILES string of the molecule is CC(=O)c1cc([N+](=O)[O-])ccc1N1C(=O)C(=O)c2ccccc21. The van der Waals surface area contributed by atoms with Gasteiger partial charge >= 0.3 is 5.91 Å². The Morgan fingerprint density at radius 2 is 1.78 bits per heavy atom. The van der Waals surface area contributed by atoms with E-state index in [1.165, 1.54) is 25.1 Å². The van der Waals surface area contributed by atoms with Crippen LogP contribution in [-0.4, -0.2) is 22.4 Å². The highest BCUT2D eigenvalue weighted by Crippen LogP contribution is 2.38. The molecule has 0 aromatic heterocycles. The molecule has 2 aromatic rings. The first-order chi connectivity index (χ1) is 10.9. The fraction of sp³-hybridized carbons (Fsp3) is 0.0625. The number of amides is 1. The summed E-state index contributed by atoms with van der Waals surface area (Å²) in [5, 5.41) is 10.9. The maximum absolute atomic E-state index is 12.3. The zero-order valence-electron chi connectivity index (χ0n) is 12.0. The van der Waals surface area contributed by atoms with Gasteiger partial charge in [0.15, 0.2) is 5.78 Å². The van der Waals surface area contributed by atoms with Crippen LogP contribution in [-0.2, 0) is 4.79 Å². The average molecular weight is 310 g/mol. The lowest BCUT2D eigenvalue weighted by molar-refractivity contribution is -0.384. The molecular weight excluding hydrogens is 300 g/mol. The molecule has 23 heavy (non-hydrogen) atoms. The van der Waals surface area contributed by atoms with Gasteiger partial charge in [0.1, 0.15) is 0 Å². The van der Waals surface area contributed by atoms with E-state index in [-0.39, 0.29) is 22.5 Å². The van der Waals surface area contributed by atoms with Crippen molar-refractivity contribution in [3.8, 4) is 0 Å². The van der Waals surface area contributed by atoms with Crippen LogP contribution in [0.4, 0.5) is 17.1 Å². The molecule has 0 saturated heterocycles. The lowest BCUT2D eigenvalue weighted by Crippen LogP contribution is -2.26. The monoisotopic (exact) mass is 310 g/mol. The second-order valence-electron chi connectivity index (χ2n) is 5.00. The molecule has 1 heterocycles. The van der Waals surface area contributed by atoms with E-state index in [0.29, 0.717) is 5.69 Å². The number of hydrogen-bond donors (Lipinski definition) is 0. The summed E-state index contributed by atoms with van der Waals surface area (Å²) in [4.78, 5) is 47.6. The Morgan fingerprint density at radius 1 is 1.09 bits per heavy atom. The summed E-state index contributed by atoms with van der Waals surface area (Å²) in [5.41, 5.74) is 0.512. The largest absolute Gasteiger partial charge is 0.304 e. The van der Waals surface area contributed by atoms with E-state index in [0.717, 1.165) is 11.0 Å². The lowest BCUT2D eigenvalue weighted by Gasteiger charge is -2.19. The molecule has 0 atom stereocenters. The van der Waals surface area contributed by atoms with Crippen LogP contribution in [0.15, 0.2) is 42.5 Å². The number of anilines is 2. The lowest BCUT2D eigenvalue weighted by atomic mass is 10.1. The Kier molecular flexibility index (Phi) is 3.25. The predicted molar refractivity (Wildman–Crippen MR) is 81.0 cm³/mol. The highest BCUT2D eigenvalue weighted by molar-refractivity contribution is 6.53. The summed E-state index contributed by atoms with van der Waals surface area (Å²) in [6, 6.07) is 10.0. The molecule has 2 aromatic carbocycles. The number of non-ortho nitro benzene ring substituents is 1. The molecule has 0 radical (unpaired) electrons. The summed E-state index contributed by atoms with van der Waals surface area (Å²) in [6.07, 6.45) is 0. The Balaban J connectivity index is 2.23. The van der Waals surface area contributed by atoms with Gasteiger partial charge in [0.05, 0.1) is 21.9 Å². The minimum atomic E-state index is -0.789. The summed E-state index contributed by atoms with van der Waals surface area (Å²) in [5.74, 6) is -1.90. The van der Waals surface area contributed by atoms with Crippen LogP contribution in [0.5, 0.6) is 0 Å². The number of rotatable bonds is 3. The third-order valence-electron chi connectivity index (χ3n) is 3.60. The number of fused-ring (bicyclic) bond motifs is 1. The number of carbonyl (C=O) groups is 3. The normalized spacial score (nSPS) is 13.2. The molecule has 7 heteroatoms. The summed E-state index contributed by atoms with van der Waals surface area (Å²) in [7, 11) is 0. The highest BCUT2D eigenvalue weighted by Gasteiger charge is 2.38. The quantitative estimate of drug-likeness (QED) is 0.376. The minimum absolute atomic E-state index is 0.0112. The van der Waals surface area contributed by atoms with Gasteiger partial charge in [0.25, 0.3) is 11.5 Å². The maximum atomic E-state index is 12.3. The summed E-state index contributed by atoms with van der Waals surface area (Å²) < 4.78 is 0. The van der Waals surface area contributed by atoms with Crippen LogP contribution in [0.25, 0.3) is 0 Å². The van der Waals surface area contributed by atoms with Crippen molar-refractivity contribution < 1.29 is 19.3 Å². The van der Waals surface area contributed by atoms with Gasteiger partial charge in [-0.1, -0.05) is 12.1 Å². The molecule has 1 amide bonds. The number of para-hydroxylation sites is 1. The first kappa shape index (κ1) is 14.6. The molecule has 3 rings (SSSR count). The van der Waals surface area contributed by atoms with E-state index in [1.807, 2.05) is 0 Å². The molecule has 114 valence electrons. The van der Waals surface area contributed by atoms with Crippen LogP contribution >= 0.6 is 0 Å². The maximum Gasteiger partial charge on any atom is 0.304 e. The van der Waals surface area contributed by atoms with Crippen molar-refractivity contribution in [1.82, 2.24) is 0 Å². The van der Waals surface area contributed by atoms with Crippen molar-refractivity contribution in [2.24, 2.45) is 0 Å². The third-order valence-corrected chi connectivity index (χ3v) is 3.60. The summed E-state index contributed by atoms with van der Waals surface area (Å²) >= 11 is 0. The van der Waals surface area contributed by atoms with Gasteiger partial charge in [-0.05, 0) is 25.1 Å². The van der Waals surface area contributed by atoms with E-state index in [1.54, 1.807) is 18.2 Å². The number of nitro benzene ring substituents is 1. The highest BCUT2D eigenvalue weighted by atomic mass is 16.6. The fourth-order valence-corrected chi connectivity index (χ4v) is 2.54. The zero-order valence-corrected chi connectivity index (χ0v) is 12.0. The first-order valence-electron chi connectivity index (χ1n) is 6.69. The van der Waals surface area contributed by atoms with Crippen LogP contribution in [0.1, 0.15) is 27.6 Å². The van der Waals surface area contributed by atoms with Gasteiger partial charge in [-0.15, -0.1) is 0 Å². The van der Waals surface area contributed by atoms with E-state index >= 15 is 0 Å². The Morgan fingerprint density at radius 3 is 2.43 bits per heavy atom. The smallest absolute Gasteiger partial charge is 0.294 e. The topological polar surface area (TPSA) is 97.6 Å². The Bertz CT molecular complexity index is 888. The Labute approximate surface area is 130 Å². The second kappa shape index (κ2) is 5.13. The van der Waals surface area contributed by atoms with Crippen molar-refractivity contribution in [1.29, 1.82) is 0 Å². The van der Waals surface area contributed by atoms with E-state index in [9.17, 15) is 24.5 Å². The molecule has 0 saturated carbocycles. The van der Waals surface area contributed by atoms with Gasteiger partial charge in [-0.3, -0.25) is 29.4 Å². The van der Waals surface area contributed by atoms with Crippen molar-refractivity contribution in [3.05, 3.63) is 63.7 Å². The minimum Gasteiger partial charge on any atom is -0.294 e. The molecule has 0 spiro atoms. The van der Waals surface area contributed by atoms with E-state index < -0.39 is 22.4 Å². The predicted octanol–water partition coefficient (Wildman–Crippen LogP) is 2.66. The summed E-state index contributed by atoms with van der Waals surface area (Å²) in [6.45, 7) is 1.25. The molecule has 0 fully saturated rings. The number of nitro groups is 1.